The summed E-state index contributed by atoms with van der Waals surface area (Å²) in [5, 5.41) is 2.52. The summed E-state index contributed by atoms with van der Waals surface area (Å²) in [6.07, 6.45) is 0. The Kier molecular flexibility index (Phi) is 6.10. The van der Waals surface area contributed by atoms with Gasteiger partial charge in [0.05, 0.1) is 10.6 Å². The zero-order valence-corrected chi connectivity index (χ0v) is 16.9. The van der Waals surface area contributed by atoms with E-state index in [0.717, 1.165) is 11.1 Å². The molecule has 3 aromatic rings. The van der Waals surface area contributed by atoms with E-state index in [2.05, 4.69) is 10.0 Å². The van der Waals surface area contributed by atoms with Crippen LogP contribution in [0.3, 0.4) is 0 Å². The van der Waals surface area contributed by atoms with Crippen molar-refractivity contribution < 1.29 is 17.6 Å². The first-order valence-electron chi connectivity index (χ1n) is 8.98. The third-order valence-electron chi connectivity index (χ3n) is 4.44. The molecule has 0 spiro atoms. The first-order valence-corrected chi connectivity index (χ1v) is 10.5. The van der Waals surface area contributed by atoms with E-state index in [1.54, 1.807) is 26.0 Å². The fraction of sp³-hybridized carbons (Fsp3) is 0.136. The lowest BCUT2D eigenvalue weighted by atomic mass is 10.1. The van der Waals surface area contributed by atoms with Crippen molar-refractivity contribution in [1.82, 2.24) is 4.72 Å². The van der Waals surface area contributed by atoms with Crippen molar-refractivity contribution in [1.29, 1.82) is 0 Å². The van der Waals surface area contributed by atoms with Crippen LogP contribution in [-0.4, -0.2) is 14.3 Å². The summed E-state index contributed by atoms with van der Waals surface area (Å²) in [6, 6.07) is 17.8. The maximum absolute atomic E-state index is 14.0. The van der Waals surface area contributed by atoms with Crippen LogP contribution < -0.4 is 10.0 Å². The van der Waals surface area contributed by atoms with Crippen LogP contribution in [0.15, 0.2) is 71.6 Å². The van der Waals surface area contributed by atoms with Gasteiger partial charge in [-0.3, -0.25) is 4.79 Å². The summed E-state index contributed by atoms with van der Waals surface area (Å²) in [6.45, 7) is 3.61. The molecule has 0 heterocycles. The summed E-state index contributed by atoms with van der Waals surface area (Å²) in [4.78, 5) is 12.6. The Bertz CT molecular complexity index is 1150. The molecule has 5 nitrogen and oxygen atoms in total. The van der Waals surface area contributed by atoms with Crippen molar-refractivity contribution >= 4 is 21.6 Å². The second-order valence-corrected chi connectivity index (χ2v) is 8.49. The van der Waals surface area contributed by atoms with Gasteiger partial charge in [-0.2, -0.15) is 0 Å². The van der Waals surface area contributed by atoms with Gasteiger partial charge in [0.25, 0.3) is 5.91 Å². The van der Waals surface area contributed by atoms with E-state index in [1.807, 2.05) is 30.3 Å². The second kappa shape index (κ2) is 8.55. The van der Waals surface area contributed by atoms with Gasteiger partial charge >= 0.3 is 0 Å². The zero-order valence-electron chi connectivity index (χ0n) is 16.1. The lowest BCUT2D eigenvalue weighted by Gasteiger charge is -2.12. The average Bonchev–Trinajstić information content (AvgIpc) is 2.70. The number of hydrogen-bond acceptors (Lipinski definition) is 3. The molecular formula is C22H21FN2O3S. The fourth-order valence-corrected chi connectivity index (χ4v) is 3.84. The Morgan fingerprint density at radius 3 is 2.41 bits per heavy atom. The number of nitrogens with one attached hydrogen (secondary N) is 2. The van der Waals surface area contributed by atoms with Gasteiger partial charge < -0.3 is 5.32 Å². The van der Waals surface area contributed by atoms with Crippen LogP contribution in [0.5, 0.6) is 0 Å². The van der Waals surface area contributed by atoms with E-state index in [1.165, 1.54) is 24.3 Å². The van der Waals surface area contributed by atoms with Crippen LogP contribution in [0.4, 0.5) is 10.1 Å². The minimum absolute atomic E-state index is 0.0334. The molecule has 0 atom stereocenters. The number of sulfonamides is 1. The van der Waals surface area contributed by atoms with Gasteiger partial charge in [-0.1, -0.05) is 42.5 Å². The molecule has 2 N–H and O–H groups in total. The number of amides is 1. The van der Waals surface area contributed by atoms with E-state index >= 15 is 0 Å². The molecule has 0 aliphatic rings. The molecule has 150 valence electrons. The fourth-order valence-electron chi connectivity index (χ4n) is 2.79. The lowest BCUT2D eigenvalue weighted by Crippen LogP contribution is -2.24. The summed E-state index contributed by atoms with van der Waals surface area (Å²) in [5.74, 6) is -1.14. The van der Waals surface area contributed by atoms with Crippen LogP contribution in [0, 0.1) is 19.7 Å². The maximum Gasteiger partial charge on any atom is 0.256 e. The zero-order chi connectivity index (χ0) is 21.0. The molecule has 0 saturated carbocycles. The van der Waals surface area contributed by atoms with Gasteiger partial charge in [0.2, 0.25) is 10.0 Å². The number of carbonyl (C=O) groups is 1. The first-order chi connectivity index (χ1) is 13.8. The molecule has 1 amide bonds. The normalized spacial score (nSPS) is 11.3. The number of aryl methyl sites for hydroxylation is 2. The highest BCUT2D eigenvalue weighted by Gasteiger charge is 2.19. The van der Waals surface area contributed by atoms with Gasteiger partial charge in [0, 0.05) is 12.1 Å². The summed E-state index contributed by atoms with van der Waals surface area (Å²) < 4.78 is 41.8. The highest BCUT2D eigenvalue weighted by molar-refractivity contribution is 7.89. The molecule has 29 heavy (non-hydrogen) atoms. The van der Waals surface area contributed by atoms with E-state index < -0.39 is 21.7 Å². The summed E-state index contributed by atoms with van der Waals surface area (Å²) >= 11 is 0. The Hall–Kier alpha value is -3.03. The second-order valence-electron chi connectivity index (χ2n) is 6.72. The lowest BCUT2D eigenvalue weighted by molar-refractivity contribution is 0.102. The number of hydrogen-bond donors (Lipinski definition) is 2. The third kappa shape index (κ3) is 5.07. The van der Waals surface area contributed by atoms with Gasteiger partial charge in [-0.25, -0.2) is 17.5 Å². The number of rotatable bonds is 6. The topological polar surface area (TPSA) is 75.3 Å². The largest absolute Gasteiger partial charge is 0.319 e. The van der Waals surface area contributed by atoms with E-state index in [0.29, 0.717) is 5.56 Å². The molecule has 0 aliphatic heterocycles. The van der Waals surface area contributed by atoms with Crippen LogP contribution in [0.2, 0.25) is 0 Å². The predicted molar refractivity (Wildman–Crippen MR) is 111 cm³/mol. The summed E-state index contributed by atoms with van der Waals surface area (Å²) in [7, 11) is -3.82. The first kappa shape index (κ1) is 20.7. The Morgan fingerprint density at radius 1 is 0.966 bits per heavy atom. The third-order valence-corrected chi connectivity index (χ3v) is 5.84. The van der Waals surface area contributed by atoms with E-state index in [4.69, 9.17) is 0 Å². The van der Waals surface area contributed by atoms with Gasteiger partial charge in [-0.05, 0) is 54.8 Å². The molecule has 0 radical (unpaired) electrons. The van der Waals surface area contributed by atoms with Crippen molar-refractivity contribution in [3.8, 4) is 0 Å². The number of anilines is 1. The molecule has 0 unspecified atom stereocenters. The number of benzene rings is 3. The van der Waals surface area contributed by atoms with Crippen molar-refractivity contribution in [3.63, 3.8) is 0 Å². The number of carbonyl (C=O) groups excluding carboxylic acids is 1. The quantitative estimate of drug-likeness (QED) is 0.638. The van der Waals surface area contributed by atoms with E-state index in [9.17, 15) is 17.6 Å². The van der Waals surface area contributed by atoms with Gasteiger partial charge in [-0.15, -0.1) is 0 Å². The molecule has 0 aromatic heterocycles. The summed E-state index contributed by atoms with van der Waals surface area (Å²) in [5.41, 5.74) is 2.40. The number of halogens is 1. The highest BCUT2D eigenvalue weighted by Crippen LogP contribution is 2.20. The van der Waals surface area contributed by atoms with E-state index in [-0.39, 0.29) is 22.7 Å². The molecule has 3 aromatic carbocycles. The monoisotopic (exact) mass is 412 g/mol. The van der Waals surface area contributed by atoms with Crippen LogP contribution >= 0.6 is 0 Å². The Balaban J connectivity index is 1.83. The van der Waals surface area contributed by atoms with Crippen molar-refractivity contribution in [2.75, 3.05) is 5.32 Å². The molecule has 0 fully saturated rings. The SMILES string of the molecule is Cc1ccc(F)c(NC(=O)c2cc(S(=O)(=O)NCc3ccccc3)ccc2C)c1. The minimum Gasteiger partial charge on any atom is -0.319 e. The van der Waals surface area contributed by atoms with Crippen LogP contribution in [0.1, 0.15) is 27.0 Å². The molecule has 7 heteroatoms. The molecule has 0 bridgehead atoms. The smallest absolute Gasteiger partial charge is 0.256 e. The van der Waals surface area contributed by atoms with Gasteiger partial charge in [0.15, 0.2) is 0 Å². The maximum atomic E-state index is 14.0. The molecule has 0 saturated heterocycles. The van der Waals surface area contributed by atoms with Crippen molar-refractivity contribution in [2.45, 2.75) is 25.3 Å². The average molecular weight is 412 g/mol. The highest BCUT2D eigenvalue weighted by atomic mass is 32.2. The van der Waals surface area contributed by atoms with Crippen molar-refractivity contribution in [3.05, 3.63) is 94.8 Å². The molecular weight excluding hydrogens is 391 g/mol. The Morgan fingerprint density at radius 2 is 1.69 bits per heavy atom. The Labute approximate surface area is 169 Å². The predicted octanol–water partition coefficient (Wildman–Crippen LogP) is 4.17. The standard InChI is InChI=1S/C22H21FN2O3S/c1-15-8-11-20(23)21(12-15)25-22(26)19-13-18(10-9-16(19)2)29(27,28)24-14-17-6-4-3-5-7-17/h3-13,24H,14H2,1-2H3,(H,25,26). The van der Waals surface area contributed by atoms with Crippen molar-refractivity contribution in [2.24, 2.45) is 0 Å². The minimum atomic E-state index is -3.82. The molecule has 0 aliphatic carbocycles. The molecule has 3 rings (SSSR count). The van der Waals surface area contributed by atoms with Gasteiger partial charge in [0.1, 0.15) is 5.82 Å². The van der Waals surface area contributed by atoms with Crippen LogP contribution in [0.25, 0.3) is 0 Å². The van der Waals surface area contributed by atoms with Crippen LogP contribution in [-0.2, 0) is 16.6 Å².